The van der Waals surface area contributed by atoms with Crippen molar-refractivity contribution in [2.24, 2.45) is 0 Å². The molecule has 1 rings (SSSR count). The van der Waals surface area contributed by atoms with Crippen molar-refractivity contribution in [2.75, 3.05) is 25.7 Å². The van der Waals surface area contributed by atoms with E-state index in [0.29, 0.717) is 11.6 Å². The fraction of sp³-hybridized carbons (Fsp3) is 0.667. The molecule has 0 N–H and O–H groups in total. The Kier molecular flexibility index (Phi) is 5.05. The molecule has 1 atom stereocenters. The molecule has 1 saturated heterocycles. The van der Waals surface area contributed by atoms with Crippen LogP contribution in [0.3, 0.4) is 0 Å². The van der Waals surface area contributed by atoms with Gasteiger partial charge in [0.25, 0.3) is 5.91 Å². The summed E-state index contributed by atoms with van der Waals surface area (Å²) in [5, 5.41) is 0. The first-order valence-corrected chi connectivity index (χ1v) is 6.91. The minimum absolute atomic E-state index is 0.00708. The molecule has 1 fully saturated rings. The van der Waals surface area contributed by atoms with E-state index in [2.05, 4.69) is 0 Å². The van der Waals surface area contributed by atoms with Gasteiger partial charge in [-0.3, -0.25) is 9.59 Å². The van der Waals surface area contributed by atoms with Crippen molar-refractivity contribution in [1.29, 1.82) is 0 Å². The Morgan fingerprint density at radius 2 is 2.12 bits per heavy atom. The fourth-order valence-corrected chi connectivity index (χ4v) is 2.91. The Morgan fingerprint density at radius 1 is 1.47 bits per heavy atom. The van der Waals surface area contributed by atoms with Gasteiger partial charge < -0.3 is 9.80 Å². The lowest BCUT2D eigenvalue weighted by Crippen LogP contribution is -2.47. The lowest BCUT2D eigenvalue weighted by molar-refractivity contribution is -0.139. The maximum absolute atomic E-state index is 12.1. The summed E-state index contributed by atoms with van der Waals surface area (Å²) in [6.07, 6.45) is 2.74. The monoisotopic (exact) mass is 256 g/mol. The molecular formula is C12H20N2O2S. The van der Waals surface area contributed by atoms with Crippen LogP contribution in [-0.4, -0.2) is 53.4 Å². The van der Waals surface area contributed by atoms with Crippen LogP contribution in [-0.2, 0) is 9.59 Å². The van der Waals surface area contributed by atoms with Crippen LogP contribution in [0.2, 0.25) is 0 Å². The number of amides is 2. The Morgan fingerprint density at radius 3 is 2.65 bits per heavy atom. The van der Waals surface area contributed by atoms with E-state index in [4.69, 9.17) is 0 Å². The van der Waals surface area contributed by atoms with Crippen LogP contribution < -0.4 is 0 Å². The molecule has 0 radical (unpaired) electrons. The lowest BCUT2D eigenvalue weighted by atomic mass is 10.2. The van der Waals surface area contributed by atoms with E-state index in [9.17, 15) is 9.59 Å². The molecule has 96 valence electrons. The van der Waals surface area contributed by atoms with Crippen LogP contribution in [0.5, 0.6) is 0 Å². The van der Waals surface area contributed by atoms with Crippen molar-refractivity contribution in [3.63, 3.8) is 0 Å². The summed E-state index contributed by atoms with van der Waals surface area (Å²) in [5.74, 6) is 1.30. The number of likely N-dealkylation sites (N-methyl/N-ethyl adjacent to an activating group) is 1. The molecule has 2 amide bonds. The van der Waals surface area contributed by atoms with Gasteiger partial charge in [0.2, 0.25) is 5.91 Å². The van der Waals surface area contributed by atoms with Gasteiger partial charge in [0.1, 0.15) is 6.04 Å². The maximum Gasteiger partial charge on any atom is 0.250 e. The van der Waals surface area contributed by atoms with Gasteiger partial charge in [-0.25, -0.2) is 0 Å². The summed E-state index contributed by atoms with van der Waals surface area (Å²) in [7, 11) is 3.45. The van der Waals surface area contributed by atoms with Gasteiger partial charge in [-0.15, -0.1) is 11.8 Å². The fourth-order valence-electron chi connectivity index (χ4n) is 1.77. The number of thioether (sulfide) groups is 1. The van der Waals surface area contributed by atoms with E-state index < -0.39 is 0 Å². The zero-order chi connectivity index (χ0) is 13.0. The molecule has 4 nitrogen and oxygen atoms in total. The van der Waals surface area contributed by atoms with Crippen LogP contribution in [0, 0.1) is 0 Å². The first-order valence-electron chi connectivity index (χ1n) is 5.75. The summed E-state index contributed by atoms with van der Waals surface area (Å²) < 4.78 is 0. The number of hydrogen-bond donors (Lipinski definition) is 0. The summed E-state index contributed by atoms with van der Waals surface area (Å²) in [5.41, 5.74) is 0.728. The van der Waals surface area contributed by atoms with Crippen molar-refractivity contribution >= 4 is 23.6 Å². The maximum atomic E-state index is 12.1. The van der Waals surface area contributed by atoms with Crippen LogP contribution in [0.1, 0.15) is 20.3 Å². The van der Waals surface area contributed by atoms with E-state index in [-0.39, 0.29) is 17.9 Å². The highest BCUT2D eigenvalue weighted by atomic mass is 32.2. The predicted molar refractivity (Wildman–Crippen MR) is 70.7 cm³/mol. The summed E-state index contributed by atoms with van der Waals surface area (Å²) >= 11 is 1.63. The van der Waals surface area contributed by atoms with Gasteiger partial charge in [0, 0.05) is 25.4 Å². The van der Waals surface area contributed by atoms with Crippen molar-refractivity contribution in [3.05, 3.63) is 11.6 Å². The first-order chi connectivity index (χ1) is 7.99. The number of nitrogens with zero attached hydrogens (tertiary/aromatic N) is 2. The molecule has 0 bridgehead atoms. The van der Waals surface area contributed by atoms with Gasteiger partial charge >= 0.3 is 0 Å². The Labute approximate surface area is 107 Å². The van der Waals surface area contributed by atoms with Gasteiger partial charge in [-0.2, -0.15) is 0 Å². The molecule has 0 aliphatic carbocycles. The lowest BCUT2D eigenvalue weighted by Gasteiger charge is -2.25. The van der Waals surface area contributed by atoms with E-state index in [1.54, 1.807) is 35.7 Å². The molecule has 0 aromatic rings. The third-order valence-electron chi connectivity index (χ3n) is 2.72. The quantitative estimate of drug-likeness (QED) is 0.715. The second-order valence-electron chi connectivity index (χ2n) is 4.32. The highest BCUT2D eigenvalue weighted by molar-refractivity contribution is 7.99. The van der Waals surface area contributed by atoms with Gasteiger partial charge in [-0.05, 0) is 13.3 Å². The number of carbonyl (C=O) groups excluding carboxylic acids is 2. The van der Waals surface area contributed by atoms with E-state index in [1.165, 1.54) is 0 Å². The normalized spacial score (nSPS) is 20.6. The average molecular weight is 256 g/mol. The predicted octanol–water partition coefficient (Wildman–Crippen LogP) is 1.33. The SMILES string of the molecule is CC/C=C(/C)C(=O)N1CSC[C@@H]1C(=O)N(C)C. The highest BCUT2D eigenvalue weighted by Crippen LogP contribution is 2.23. The second kappa shape index (κ2) is 6.10. The molecule has 1 aliphatic rings. The zero-order valence-corrected chi connectivity index (χ0v) is 11.7. The molecular weight excluding hydrogens is 236 g/mol. The Hall–Kier alpha value is -0.970. The number of rotatable bonds is 3. The second-order valence-corrected chi connectivity index (χ2v) is 5.32. The standard InChI is InChI=1S/C12H20N2O2S/c1-5-6-9(2)11(15)14-8-17-7-10(14)12(16)13(3)4/h6,10H,5,7-8H2,1-4H3/b9-6-/t10-/m1/s1. The molecule has 0 spiro atoms. The van der Waals surface area contributed by atoms with Crippen LogP contribution in [0.25, 0.3) is 0 Å². The molecule has 0 aromatic heterocycles. The number of hydrogen-bond acceptors (Lipinski definition) is 3. The summed E-state index contributed by atoms with van der Waals surface area (Å²) in [6.45, 7) is 3.81. The van der Waals surface area contributed by atoms with E-state index in [1.807, 2.05) is 19.9 Å². The average Bonchev–Trinajstić information content (AvgIpc) is 2.75. The number of carbonyl (C=O) groups is 2. The largest absolute Gasteiger partial charge is 0.347 e. The molecule has 0 saturated carbocycles. The van der Waals surface area contributed by atoms with Crippen molar-refractivity contribution in [2.45, 2.75) is 26.3 Å². The van der Waals surface area contributed by atoms with Gasteiger partial charge in [0.05, 0.1) is 5.88 Å². The van der Waals surface area contributed by atoms with Crippen LogP contribution in [0.15, 0.2) is 11.6 Å². The molecule has 0 aromatic carbocycles. The van der Waals surface area contributed by atoms with Gasteiger partial charge in [-0.1, -0.05) is 13.0 Å². The zero-order valence-electron chi connectivity index (χ0n) is 10.9. The Balaban J connectivity index is 2.79. The minimum atomic E-state index is -0.303. The van der Waals surface area contributed by atoms with Gasteiger partial charge in [0.15, 0.2) is 0 Å². The van der Waals surface area contributed by atoms with Crippen molar-refractivity contribution in [1.82, 2.24) is 9.80 Å². The Bertz CT molecular complexity index is 339. The van der Waals surface area contributed by atoms with E-state index in [0.717, 1.165) is 12.0 Å². The molecule has 5 heteroatoms. The van der Waals surface area contributed by atoms with E-state index >= 15 is 0 Å². The van der Waals surface area contributed by atoms with Crippen LogP contribution in [0.4, 0.5) is 0 Å². The third kappa shape index (κ3) is 3.25. The topological polar surface area (TPSA) is 40.6 Å². The van der Waals surface area contributed by atoms with Crippen LogP contribution >= 0.6 is 11.8 Å². The minimum Gasteiger partial charge on any atom is -0.347 e. The molecule has 0 unspecified atom stereocenters. The molecule has 1 heterocycles. The van der Waals surface area contributed by atoms with Crippen molar-refractivity contribution < 1.29 is 9.59 Å². The third-order valence-corrected chi connectivity index (χ3v) is 3.73. The smallest absolute Gasteiger partial charge is 0.250 e. The van der Waals surface area contributed by atoms with Crippen molar-refractivity contribution in [3.8, 4) is 0 Å². The molecule has 1 aliphatic heterocycles. The molecule has 17 heavy (non-hydrogen) atoms. The first kappa shape index (κ1) is 14.1. The number of allylic oxidation sites excluding steroid dienone is 1. The highest BCUT2D eigenvalue weighted by Gasteiger charge is 2.35. The summed E-state index contributed by atoms with van der Waals surface area (Å²) in [4.78, 5) is 27.3. The summed E-state index contributed by atoms with van der Waals surface area (Å²) in [6, 6.07) is -0.303.